The number of carbonyl (C=O) groups excluding carboxylic acids is 3. The number of nitrogens with zero attached hydrogens (tertiary/aromatic N) is 2. The Bertz CT molecular complexity index is 1340. The largest absolute Gasteiger partial charge is 0.336 e. The number of aromatic nitrogens is 1. The lowest BCUT2D eigenvalue weighted by Gasteiger charge is -2.38. The number of rotatable bonds is 12. The molecule has 2 atom stereocenters. The SMILES string of the molecule is CC(C)(C)CCCCCCC(=O)Nc1cccc(C(=O)N[C@H](C(=O)N2CCCC[C@@H]2c2cccnc2)c2ccccc2)c1. The highest BCUT2D eigenvalue weighted by molar-refractivity contribution is 5.99. The number of pyridine rings is 1. The molecule has 0 aliphatic carbocycles. The van der Waals surface area contributed by atoms with Gasteiger partial charge >= 0.3 is 0 Å². The topological polar surface area (TPSA) is 91.4 Å². The molecule has 4 rings (SSSR count). The van der Waals surface area contributed by atoms with E-state index in [0.29, 0.717) is 29.6 Å². The Morgan fingerprint density at radius 1 is 0.930 bits per heavy atom. The molecule has 7 nitrogen and oxygen atoms in total. The fraction of sp³-hybridized carbons (Fsp3) is 0.444. The van der Waals surface area contributed by atoms with Crippen LogP contribution in [0.15, 0.2) is 79.1 Å². The van der Waals surface area contributed by atoms with Gasteiger partial charge in [-0.1, -0.05) is 82.5 Å². The van der Waals surface area contributed by atoms with Gasteiger partial charge in [-0.05, 0) is 72.9 Å². The average molecular weight is 583 g/mol. The van der Waals surface area contributed by atoms with Gasteiger partial charge in [0.15, 0.2) is 0 Å². The van der Waals surface area contributed by atoms with Crippen molar-refractivity contribution in [2.75, 3.05) is 11.9 Å². The van der Waals surface area contributed by atoms with Gasteiger partial charge in [-0.3, -0.25) is 19.4 Å². The number of hydrogen-bond donors (Lipinski definition) is 2. The van der Waals surface area contributed by atoms with E-state index in [2.05, 4.69) is 36.4 Å². The molecule has 1 aromatic heterocycles. The van der Waals surface area contributed by atoms with E-state index in [0.717, 1.165) is 49.7 Å². The number of nitrogens with one attached hydrogen (secondary N) is 2. The highest BCUT2D eigenvalue weighted by Crippen LogP contribution is 2.33. The second kappa shape index (κ2) is 15.5. The first-order valence-corrected chi connectivity index (χ1v) is 15.7. The van der Waals surface area contributed by atoms with Crippen molar-refractivity contribution in [3.05, 3.63) is 95.8 Å². The molecule has 0 unspecified atom stereocenters. The van der Waals surface area contributed by atoms with Crippen LogP contribution in [-0.2, 0) is 9.59 Å². The van der Waals surface area contributed by atoms with Crippen LogP contribution < -0.4 is 10.6 Å². The molecule has 1 aliphatic rings. The van der Waals surface area contributed by atoms with Gasteiger partial charge in [0.05, 0.1) is 6.04 Å². The summed E-state index contributed by atoms with van der Waals surface area (Å²) in [5.41, 5.74) is 3.03. The number of unbranched alkanes of at least 4 members (excludes halogenated alkanes) is 3. The van der Waals surface area contributed by atoms with Crippen LogP contribution in [0.1, 0.15) is 112 Å². The molecule has 2 aromatic carbocycles. The first-order valence-electron chi connectivity index (χ1n) is 15.7. The Hall–Kier alpha value is -4.00. The molecule has 1 aliphatic heterocycles. The maximum atomic E-state index is 14.1. The molecule has 0 spiro atoms. The maximum Gasteiger partial charge on any atom is 0.252 e. The fourth-order valence-electron chi connectivity index (χ4n) is 5.68. The molecule has 0 bridgehead atoms. The van der Waals surface area contributed by atoms with Crippen LogP contribution in [-0.4, -0.2) is 34.2 Å². The number of hydrogen-bond acceptors (Lipinski definition) is 4. The molecule has 2 N–H and O–H groups in total. The monoisotopic (exact) mass is 582 g/mol. The number of amides is 3. The van der Waals surface area contributed by atoms with E-state index < -0.39 is 6.04 Å². The molecule has 228 valence electrons. The average Bonchev–Trinajstić information content (AvgIpc) is 3.01. The Morgan fingerprint density at radius 2 is 1.72 bits per heavy atom. The van der Waals surface area contributed by atoms with Crippen molar-refractivity contribution in [3.8, 4) is 0 Å². The van der Waals surface area contributed by atoms with Crippen molar-refractivity contribution >= 4 is 23.4 Å². The Balaban J connectivity index is 1.41. The van der Waals surface area contributed by atoms with Crippen molar-refractivity contribution in [2.24, 2.45) is 5.41 Å². The highest BCUT2D eigenvalue weighted by atomic mass is 16.2. The second-order valence-corrected chi connectivity index (χ2v) is 12.8. The van der Waals surface area contributed by atoms with Gasteiger partial charge in [0.2, 0.25) is 11.8 Å². The minimum absolute atomic E-state index is 0.0581. The molecule has 7 heteroatoms. The molecule has 1 fully saturated rings. The van der Waals surface area contributed by atoms with Gasteiger partial charge in [0.1, 0.15) is 6.04 Å². The molecule has 3 amide bonds. The number of carbonyl (C=O) groups is 3. The third kappa shape index (κ3) is 9.77. The van der Waals surface area contributed by atoms with Gasteiger partial charge < -0.3 is 15.5 Å². The first-order chi connectivity index (χ1) is 20.7. The van der Waals surface area contributed by atoms with Gasteiger partial charge in [-0.2, -0.15) is 0 Å². The third-order valence-corrected chi connectivity index (χ3v) is 8.00. The summed E-state index contributed by atoms with van der Waals surface area (Å²) in [6, 6.07) is 19.2. The second-order valence-electron chi connectivity index (χ2n) is 12.8. The van der Waals surface area contributed by atoms with Gasteiger partial charge in [0.25, 0.3) is 5.91 Å². The third-order valence-electron chi connectivity index (χ3n) is 8.00. The Labute approximate surface area is 256 Å². The van der Waals surface area contributed by atoms with Crippen LogP contribution in [0.3, 0.4) is 0 Å². The fourth-order valence-corrected chi connectivity index (χ4v) is 5.68. The predicted octanol–water partition coefficient (Wildman–Crippen LogP) is 7.63. The highest BCUT2D eigenvalue weighted by Gasteiger charge is 2.34. The van der Waals surface area contributed by atoms with Crippen molar-refractivity contribution < 1.29 is 14.4 Å². The number of piperidine rings is 1. The zero-order valence-electron chi connectivity index (χ0n) is 25.9. The predicted molar refractivity (Wildman–Crippen MR) is 171 cm³/mol. The van der Waals surface area contributed by atoms with Crippen molar-refractivity contribution in [2.45, 2.75) is 90.6 Å². The minimum atomic E-state index is -0.845. The van der Waals surface area contributed by atoms with E-state index in [4.69, 9.17) is 0 Å². The number of benzene rings is 2. The van der Waals surface area contributed by atoms with Crippen LogP contribution in [0.2, 0.25) is 0 Å². The summed E-state index contributed by atoms with van der Waals surface area (Å²) >= 11 is 0. The van der Waals surface area contributed by atoms with E-state index in [-0.39, 0.29) is 23.8 Å². The van der Waals surface area contributed by atoms with Crippen LogP contribution in [0.4, 0.5) is 5.69 Å². The van der Waals surface area contributed by atoms with Crippen molar-refractivity contribution in [1.82, 2.24) is 15.2 Å². The molecule has 3 aromatic rings. The lowest BCUT2D eigenvalue weighted by molar-refractivity contribution is -0.137. The number of likely N-dealkylation sites (tertiary alicyclic amines) is 1. The standard InChI is InChI=1S/C36H46N4O3/c1-36(2,3)22-11-5-4-9-21-32(41)38-30-19-13-17-28(25-30)34(42)39-33(27-15-7-6-8-16-27)35(43)40-24-12-10-20-31(40)29-18-14-23-37-26-29/h6-8,13-19,23,25-26,31,33H,4-5,9-12,20-22,24H2,1-3H3,(H,38,41)(H,39,42)/t31-,33+/m1/s1. The van der Waals surface area contributed by atoms with Crippen molar-refractivity contribution in [3.63, 3.8) is 0 Å². The van der Waals surface area contributed by atoms with Gasteiger partial charge in [-0.15, -0.1) is 0 Å². The smallest absolute Gasteiger partial charge is 0.252 e. The Kier molecular flexibility index (Phi) is 11.5. The molecule has 43 heavy (non-hydrogen) atoms. The summed E-state index contributed by atoms with van der Waals surface area (Å²) in [6.07, 6.45) is 12.2. The zero-order valence-corrected chi connectivity index (χ0v) is 25.9. The summed E-state index contributed by atoms with van der Waals surface area (Å²) in [7, 11) is 0. The van der Waals surface area contributed by atoms with Crippen LogP contribution in [0.5, 0.6) is 0 Å². The zero-order chi connectivity index (χ0) is 30.7. The summed E-state index contributed by atoms with van der Waals surface area (Å²) in [6.45, 7) is 7.38. The van der Waals surface area contributed by atoms with Crippen LogP contribution in [0.25, 0.3) is 0 Å². The molecule has 0 saturated carbocycles. The lowest BCUT2D eigenvalue weighted by Crippen LogP contribution is -2.46. The van der Waals surface area contributed by atoms with E-state index in [1.165, 1.54) is 12.8 Å². The summed E-state index contributed by atoms with van der Waals surface area (Å²) in [4.78, 5) is 46.4. The van der Waals surface area contributed by atoms with E-state index in [1.54, 1.807) is 30.5 Å². The van der Waals surface area contributed by atoms with E-state index in [9.17, 15) is 14.4 Å². The maximum absolute atomic E-state index is 14.1. The lowest BCUT2D eigenvalue weighted by atomic mass is 9.89. The van der Waals surface area contributed by atoms with Crippen LogP contribution >= 0.6 is 0 Å². The number of anilines is 1. The molecular weight excluding hydrogens is 536 g/mol. The molecular formula is C36H46N4O3. The summed E-state index contributed by atoms with van der Waals surface area (Å²) < 4.78 is 0. The van der Waals surface area contributed by atoms with Crippen LogP contribution in [0, 0.1) is 5.41 Å². The van der Waals surface area contributed by atoms with E-state index in [1.807, 2.05) is 53.6 Å². The molecule has 1 saturated heterocycles. The van der Waals surface area contributed by atoms with E-state index >= 15 is 0 Å². The summed E-state index contributed by atoms with van der Waals surface area (Å²) in [5.74, 6) is -0.565. The molecule has 0 radical (unpaired) electrons. The van der Waals surface area contributed by atoms with Gasteiger partial charge in [-0.25, -0.2) is 0 Å². The normalized spacial score (nSPS) is 15.9. The first kappa shape index (κ1) is 31.9. The minimum Gasteiger partial charge on any atom is -0.336 e. The quantitative estimate of drug-likeness (QED) is 0.215. The van der Waals surface area contributed by atoms with Gasteiger partial charge in [0, 0.05) is 36.6 Å². The van der Waals surface area contributed by atoms with Crippen molar-refractivity contribution in [1.29, 1.82) is 0 Å². The molecule has 2 heterocycles. The summed E-state index contributed by atoms with van der Waals surface area (Å²) in [5, 5.41) is 5.94. The Morgan fingerprint density at radius 3 is 2.47 bits per heavy atom.